The smallest absolute Gasteiger partial charge is 0.244 e. The van der Waals surface area contributed by atoms with Gasteiger partial charge < -0.3 is 0 Å². The van der Waals surface area contributed by atoms with Crippen LogP contribution < -0.4 is 0 Å². The zero-order valence-electron chi connectivity index (χ0n) is 14.2. The van der Waals surface area contributed by atoms with Gasteiger partial charge in [0.1, 0.15) is 11.0 Å². The van der Waals surface area contributed by atoms with Crippen LogP contribution >= 0.6 is 11.6 Å². The highest BCUT2D eigenvalue weighted by Crippen LogP contribution is 2.37. The van der Waals surface area contributed by atoms with Crippen molar-refractivity contribution in [2.45, 2.75) is 11.8 Å². The Labute approximate surface area is 160 Å². The van der Waals surface area contributed by atoms with Crippen molar-refractivity contribution in [2.75, 3.05) is 0 Å². The van der Waals surface area contributed by atoms with E-state index in [2.05, 4.69) is 4.98 Å². The highest BCUT2D eigenvalue weighted by Gasteiger charge is 2.24. The fourth-order valence-electron chi connectivity index (χ4n) is 3.02. The van der Waals surface area contributed by atoms with E-state index in [-0.39, 0.29) is 15.6 Å². The molecular formula is C20H14ClFN2O2S. The third kappa shape index (κ3) is 2.91. The van der Waals surface area contributed by atoms with Crippen molar-refractivity contribution in [1.82, 2.24) is 8.96 Å². The summed E-state index contributed by atoms with van der Waals surface area (Å²) in [6, 6.07) is 14.2. The molecule has 4 nitrogen and oxygen atoms in total. The average Bonchev–Trinajstić information content (AvgIpc) is 3.04. The molecule has 0 amide bonds. The second-order valence-corrected chi connectivity index (χ2v) is 8.31. The van der Waals surface area contributed by atoms with Crippen LogP contribution in [0.2, 0.25) is 5.15 Å². The van der Waals surface area contributed by atoms with Gasteiger partial charge in [0.25, 0.3) is 10.0 Å². The third-order valence-electron chi connectivity index (χ3n) is 4.38. The molecule has 0 unspecified atom stereocenters. The van der Waals surface area contributed by atoms with Crippen LogP contribution in [-0.4, -0.2) is 17.4 Å². The Kier molecular flexibility index (Phi) is 4.25. The number of benzene rings is 2. The minimum absolute atomic E-state index is 0.114. The van der Waals surface area contributed by atoms with E-state index in [0.717, 1.165) is 9.54 Å². The van der Waals surface area contributed by atoms with E-state index in [1.54, 1.807) is 48.5 Å². The van der Waals surface area contributed by atoms with Crippen molar-refractivity contribution in [2.24, 2.45) is 0 Å². The lowest BCUT2D eigenvalue weighted by atomic mass is 10.1. The summed E-state index contributed by atoms with van der Waals surface area (Å²) in [6.45, 7) is 1.88. The number of halogens is 2. The molecule has 0 aliphatic carbocycles. The molecule has 0 saturated carbocycles. The average molecular weight is 401 g/mol. The summed E-state index contributed by atoms with van der Waals surface area (Å²) in [4.78, 5) is 4.17. The van der Waals surface area contributed by atoms with Gasteiger partial charge in [0.05, 0.1) is 10.4 Å². The molecule has 0 radical (unpaired) electrons. The Morgan fingerprint density at radius 1 is 1.00 bits per heavy atom. The van der Waals surface area contributed by atoms with Gasteiger partial charge in [-0.25, -0.2) is 21.8 Å². The first kappa shape index (κ1) is 17.7. The van der Waals surface area contributed by atoms with E-state index < -0.39 is 15.8 Å². The Morgan fingerprint density at radius 3 is 2.41 bits per heavy atom. The number of fused-ring (bicyclic) bond motifs is 1. The van der Waals surface area contributed by atoms with Gasteiger partial charge in [0.15, 0.2) is 0 Å². The molecule has 0 spiro atoms. The number of nitrogens with zero attached hydrogens (tertiary/aromatic N) is 2. The van der Waals surface area contributed by atoms with E-state index in [4.69, 9.17) is 11.6 Å². The summed E-state index contributed by atoms with van der Waals surface area (Å²) in [5.74, 6) is -0.468. The molecule has 2 aromatic heterocycles. The summed E-state index contributed by atoms with van der Waals surface area (Å²) in [6.07, 6.45) is 2.82. The van der Waals surface area contributed by atoms with Gasteiger partial charge in [0.2, 0.25) is 0 Å². The second-order valence-electron chi connectivity index (χ2n) is 6.13. The maximum Gasteiger partial charge on any atom is 0.268 e. The molecule has 0 N–H and O–H groups in total. The predicted octanol–water partition coefficient (Wildman–Crippen LogP) is 5.04. The highest BCUT2D eigenvalue weighted by atomic mass is 35.5. The predicted molar refractivity (Wildman–Crippen MR) is 104 cm³/mol. The normalized spacial score (nSPS) is 11.8. The van der Waals surface area contributed by atoms with E-state index in [9.17, 15) is 12.8 Å². The maximum atomic E-state index is 14.4. The van der Waals surface area contributed by atoms with Crippen LogP contribution in [0.3, 0.4) is 0 Å². The van der Waals surface area contributed by atoms with Crippen LogP contribution in [0.4, 0.5) is 4.39 Å². The Hall–Kier alpha value is -2.70. The molecule has 27 heavy (non-hydrogen) atoms. The van der Waals surface area contributed by atoms with Crippen molar-refractivity contribution in [3.8, 4) is 11.1 Å². The zero-order valence-corrected chi connectivity index (χ0v) is 15.8. The first-order valence-electron chi connectivity index (χ1n) is 8.12. The molecule has 7 heteroatoms. The summed E-state index contributed by atoms with van der Waals surface area (Å²) in [5, 5.41) is 0.503. The molecular weight excluding hydrogens is 387 g/mol. The van der Waals surface area contributed by atoms with Gasteiger partial charge in [-0.1, -0.05) is 47.5 Å². The molecule has 0 fully saturated rings. The van der Waals surface area contributed by atoms with Crippen LogP contribution in [0.1, 0.15) is 5.56 Å². The van der Waals surface area contributed by atoms with Crippen LogP contribution in [0.25, 0.3) is 22.0 Å². The van der Waals surface area contributed by atoms with Crippen LogP contribution in [0, 0.1) is 12.7 Å². The van der Waals surface area contributed by atoms with Crippen molar-refractivity contribution >= 4 is 32.5 Å². The monoisotopic (exact) mass is 400 g/mol. The molecule has 0 atom stereocenters. The second kappa shape index (κ2) is 6.48. The van der Waals surface area contributed by atoms with Gasteiger partial charge in [-0.3, -0.25) is 0 Å². The van der Waals surface area contributed by atoms with E-state index in [0.29, 0.717) is 16.5 Å². The Bertz CT molecular complexity index is 1270. The minimum atomic E-state index is -3.89. The molecule has 4 aromatic rings. The number of hydrogen-bond donors (Lipinski definition) is 0. The van der Waals surface area contributed by atoms with Crippen LogP contribution in [0.5, 0.6) is 0 Å². The molecule has 4 rings (SSSR count). The quantitative estimate of drug-likeness (QED) is 0.452. The van der Waals surface area contributed by atoms with Crippen molar-refractivity contribution in [3.05, 3.63) is 83.5 Å². The molecule has 2 aromatic carbocycles. The molecule has 2 heterocycles. The number of aryl methyl sites for hydroxylation is 1. The van der Waals surface area contributed by atoms with Gasteiger partial charge in [-0.05, 0) is 31.2 Å². The van der Waals surface area contributed by atoms with Crippen molar-refractivity contribution in [3.63, 3.8) is 0 Å². The summed E-state index contributed by atoms with van der Waals surface area (Å²) >= 11 is 6.25. The third-order valence-corrected chi connectivity index (χ3v) is 6.35. The van der Waals surface area contributed by atoms with Crippen molar-refractivity contribution < 1.29 is 12.8 Å². The number of pyridine rings is 1. The minimum Gasteiger partial charge on any atom is -0.244 e. The van der Waals surface area contributed by atoms with Gasteiger partial charge in [0, 0.05) is 28.9 Å². The summed E-state index contributed by atoms with van der Waals surface area (Å²) in [5.41, 5.74) is 1.92. The standard InChI is InChI=1S/C20H14ClFN2O2S/c1-13-6-8-14(9-7-13)27(25,26)24-12-16(15-4-2-3-5-17(15)22)19-18(24)10-11-23-20(19)21/h2-12H,1H3. The van der Waals surface area contributed by atoms with E-state index in [1.807, 2.05) is 6.92 Å². The summed E-state index contributed by atoms with van der Waals surface area (Å²) in [7, 11) is -3.89. The fourth-order valence-corrected chi connectivity index (χ4v) is 4.63. The van der Waals surface area contributed by atoms with Gasteiger partial charge >= 0.3 is 0 Å². The van der Waals surface area contributed by atoms with Crippen LogP contribution in [0.15, 0.2) is 71.9 Å². The largest absolute Gasteiger partial charge is 0.268 e. The first-order chi connectivity index (χ1) is 12.9. The SMILES string of the molecule is Cc1ccc(S(=O)(=O)n2cc(-c3ccccc3F)c3c(Cl)nccc32)cc1. The Morgan fingerprint density at radius 2 is 1.70 bits per heavy atom. The summed E-state index contributed by atoms with van der Waals surface area (Å²) < 4.78 is 41.9. The van der Waals surface area contributed by atoms with Crippen LogP contribution in [-0.2, 0) is 10.0 Å². The molecule has 136 valence electrons. The maximum absolute atomic E-state index is 14.4. The topological polar surface area (TPSA) is 52.0 Å². The lowest BCUT2D eigenvalue weighted by molar-refractivity contribution is 0.589. The van der Waals surface area contributed by atoms with Gasteiger partial charge in [-0.15, -0.1) is 0 Å². The lowest BCUT2D eigenvalue weighted by Crippen LogP contribution is -2.11. The van der Waals surface area contributed by atoms with E-state index in [1.165, 1.54) is 18.5 Å². The zero-order chi connectivity index (χ0) is 19.2. The number of hydrogen-bond acceptors (Lipinski definition) is 3. The van der Waals surface area contributed by atoms with E-state index >= 15 is 0 Å². The molecule has 0 aliphatic heterocycles. The Balaban J connectivity index is 2.05. The highest BCUT2D eigenvalue weighted by molar-refractivity contribution is 7.90. The molecule has 0 saturated heterocycles. The fraction of sp³-hybridized carbons (Fsp3) is 0.0500. The first-order valence-corrected chi connectivity index (χ1v) is 9.94. The molecule has 0 aliphatic rings. The molecule has 0 bridgehead atoms. The van der Waals surface area contributed by atoms with Gasteiger partial charge in [-0.2, -0.15) is 0 Å². The number of aromatic nitrogens is 2. The van der Waals surface area contributed by atoms with Crippen molar-refractivity contribution in [1.29, 1.82) is 0 Å². The number of rotatable bonds is 3. The lowest BCUT2D eigenvalue weighted by Gasteiger charge is -2.07.